The molecule has 6 heteroatoms. The first kappa shape index (κ1) is 20.8. The van der Waals surface area contributed by atoms with E-state index in [-0.39, 0.29) is 11.8 Å². The molecule has 0 N–H and O–H groups in total. The average Bonchev–Trinajstić information content (AvgIpc) is 3.13. The first-order valence-corrected chi connectivity index (χ1v) is 10.7. The minimum atomic E-state index is 0.187. The normalized spacial score (nSPS) is 17.6. The molecule has 2 aliphatic rings. The Morgan fingerprint density at radius 3 is 2.14 bits per heavy atom. The highest BCUT2D eigenvalue weighted by Gasteiger charge is 2.27. The Morgan fingerprint density at radius 2 is 1.50 bits per heavy atom. The van der Waals surface area contributed by atoms with Crippen LogP contribution in [-0.4, -0.2) is 85.4 Å². The summed E-state index contributed by atoms with van der Waals surface area (Å²) >= 11 is 0. The number of rotatable bonds is 8. The van der Waals surface area contributed by atoms with Crippen LogP contribution < -0.4 is 4.90 Å². The van der Waals surface area contributed by atoms with E-state index in [2.05, 4.69) is 29.7 Å². The van der Waals surface area contributed by atoms with Crippen LogP contribution >= 0.6 is 0 Å². The lowest BCUT2D eigenvalue weighted by Gasteiger charge is -2.35. The van der Waals surface area contributed by atoms with Crippen molar-refractivity contribution in [3.05, 3.63) is 29.8 Å². The van der Waals surface area contributed by atoms with Gasteiger partial charge in [0.05, 0.1) is 13.1 Å². The van der Waals surface area contributed by atoms with E-state index in [0.29, 0.717) is 13.1 Å². The molecule has 0 radical (unpaired) electrons. The fraction of sp³-hybridized carbons (Fsp3) is 0.636. The van der Waals surface area contributed by atoms with Crippen molar-refractivity contribution >= 4 is 17.5 Å². The van der Waals surface area contributed by atoms with Gasteiger partial charge in [-0.05, 0) is 30.9 Å². The van der Waals surface area contributed by atoms with Crippen molar-refractivity contribution in [1.82, 2.24) is 14.7 Å². The first-order chi connectivity index (χ1) is 13.6. The molecule has 1 aromatic rings. The van der Waals surface area contributed by atoms with Crippen LogP contribution in [0.3, 0.4) is 0 Å². The van der Waals surface area contributed by atoms with Gasteiger partial charge in [0.15, 0.2) is 0 Å². The molecule has 1 saturated heterocycles. The summed E-state index contributed by atoms with van der Waals surface area (Å²) in [6, 6.07) is 8.19. The maximum atomic E-state index is 12.8. The molecule has 0 bridgehead atoms. The molecule has 2 heterocycles. The summed E-state index contributed by atoms with van der Waals surface area (Å²) < 4.78 is 0. The van der Waals surface area contributed by atoms with E-state index in [4.69, 9.17) is 0 Å². The van der Waals surface area contributed by atoms with Crippen LogP contribution in [0.4, 0.5) is 5.69 Å². The Balaban J connectivity index is 1.44. The molecule has 0 aliphatic carbocycles. The molecule has 28 heavy (non-hydrogen) atoms. The Hall–Kier alpha value is -1.92. The molecule has 154 valence electrons. The van der Waals surface area contributed by atoms with E-state index in [0.717, 1.165) is 70.8 Å². The van der Waals surface area contributed by atoms with Crippen molar-refractivity contribution in [2.75, 3.05) is 63.8 Å². The lowest BCUT2D eigenvalue weighted by atomic mass is 10.2. The molecule has 0 aromatic heterocycles. The number of fused-ring (bicyclic) bond motifs is 1. The molecule has 6 nitrogen and oxygen atoms in total. The van der Waals surface area contributed by atoms with E-state index in [1.54, 1.807) is 0 Å². The number of amides is 2. The van der Waals surface area contributed by atoms with Gasteiger partial charge < -0.3 is 9.80 Å². The maximum Gasteiger partial charge on any atom is 0.241 e. The first-order valence-electron chi connectivity index (χ1n) is 10.7. The standard InChI is InChI=1S/C22H34N4O2/c1-3-10-25(11-4-2)21(27)17-23-13-15-24(16-14-23)18-22(28)26-12-9-19-7-5-6-8-20(19)26/h5-8H,3-4,9-18H2,1-2H3. The highest BCUT2D eigenvalue weighted by Crippen LogP contribution is 2.27. The van der Waals surface area contributed by atoms with E-state index in [1.807, 2.05) is 28.0 Å². The third kappa shape index (κ3) is 5.11. The van der Waals surface area contributed by atoms with Gasteiger partial charge >= 0.3 is 0 Å². The molecule has 0 saturated carbocycles. The van der Waals surface area contributed by atoms with Crippen molar-refractivity contribution in [3.63, 3.8) is 0 Å². The minimum absolute atomic E-state index is 0.187. The second-order valence-corrected chi connectivity index (χ2v) is 7.86. The van der Waals surface area contributed by atoms with Crippen molar-refractivity contribution in [2.45, 2.75) is 33.1 Å². The molecule has 0 atom stereocenters. The third-order valence-electron chi connectivity index (χ3n) is 5.71. The molecule has 0 unspecified atom stereocenters. The second kappa shape index (κ2) is 10.0. The Bertz CT molecular complexity index is 664. The molecule has 2 amide bonds. The van der Waals surface area contributed by atoms with Crippen LogP contribution in [-0.2, 0) is 16.0 Å². The summed E-state index contributed by atoms with van der Waals surface area (Å²) in [6.07, 6.45) is 2.95. The number of benzene rings is 1. The average molecular weight is 387 g/mol. The molecule has 0 spiro atoms. The predicted octanol–water partition coefficient (Wildman–Crippen LogP) is 1.84. The lowest BCUT2D eigenvalue weighted by molar-refractivity contribution is -0.133. The van der Waals surface area contributed by atoms with Crippen LogP contribution in [0.15, 0.2) is 24.3 Å². The van der Waals surface area contributed by atoms with Gasteiger partial charge in [-0.25, -0.2) is 0 Å². The zero-order chi connectivity index (χ0) is 19.9. The summed E-state index contributed by atoms with van der Waals surface area (Å²) in [5.41, 5.74) is 2.34. The monoisotopic (exact) mass is 386 g/mol. The Morgan fingerprint density at radius 1 is 0.893 bits per heavy atom. The van der Waals surface area contributed by atoms with Gasteiger partial charge in [0, 0.05) is 51.5 Å². The highest BCUT2D eigenvalue weighted by molar-refractivity contribution is 5.96. The zero-order valence-electron chi connectivity index (χ0n) is 17.4. The van der Waals surface area contributed by atoms with Gasteiger partial charge in [0.2, 0.25) is 11.8 Å². The largest absolute Gasteiger partial charge is 0.342 e. The summed E-state index contributed by atoms with van der Waals surface area (Å²) in [5, 5.41) is 0. The van der Waals surface area contributed by atoms with Crippen LogP contribution in [0.25, 0.3) is 0 Å². The minimum Gasteiger partial charge on any atom is -0.342 e. The molecular formula is C22H34N4O2. The smallest absolute Gasteiger partial charge is 0.241 e. The van der Waals surface area contributed by atoms with E-state index >= 15 is 0 Å². The summed E-state index contributed by atoms with van der Waals surface area (Å²) in [6.45, 7) is 11.1. The number of hydrogen-bond donors (Lipinski definition) is 0. The van der Waals surface area contributed by atoms with Gasteiger partial charge in [0.25, 0.3) is 0 Å². The van der Waals surface area contributed by atoms with Crippen LogP contribution in [0.5, 0.6) is 0 Å². The molecular weight excluding hydrogens is 352 g/mol. The predicted molar refractivity (Wildman–Crippen MR) is 113 cm³/mol. The SMILES string of the molecule is CCCN(CCC)C(=O)CN1CCN(CC(=O)N2CCc3ccccc32)CC1. The Kier molecular flexibility index (Phi) is 7.45. The van der Waals surface area contributed by atoms with Crippen molar-refractivity contribution in [3.8, 4) is 0 Å². The third-order valence-corrected chi connectivity index (χ3v) is 5.71. The highest BCUT2D eigenvalue weighted by atomic mass is 16.2. The number of para-hydroxylation sites is 1. The van der Waals surface area contributed by atoms with Crippen molar-refractivity contribution in [2.24, 2.45) is 0 Å². The topological polar surface area (TPSA) is 47.1 Å². The van der Waals surface area contributed by atoms with E-state index in [9.17, 15) is 9.59 Å². The van der Waals surface area contributed by atoms with E-state index in [1.165, 1.54) is 5.56 Å². The zero-order valence-corrected chi connectivity index (χ0v) is 17.4. The summed E-state index contributed by atoms with van der Waals surface area (Å²) in [5.74, 6) is 0.424. The number of carbonyl (C=O) groups is 2. The van der Waals surface area contributed by atoms with Gasteiger partial charge in [0.1, 0.15) is 0 Å². The number of anilines is 1. The quantitative estimate of drug-likeness (QED) is 0.684. The maximum absolute atomic E-state index is 12.8. The molecule has 1 aromatic carbocycles. The summed E-state index contributed by atoms with van der Waals surface area (Å²) in [4.78, 5) is 33.7. The Labute approximate surface area is 169 Å². The van der Waals surface area contributed by atoms with Gasteiger partial charge in [-0.1, -0.05) is 32.0 Å². The molecule has 3 rings (SSSR count). The number of hydrogen-bond acceptors (Lipinski definition) is 4. The summed E-state index contributed by atoms with van der Waals surface area (Å²) in [7, 11) is 0. The van der Waals surface area contributed by atoms with Crippen molar-refractivity contribution < 1.29 is 9.59 Å². The van der Waals surface area contributed by atoms with Crippen LogP contribution in [0.1, 0.15) is 32.3 Å². The molecule has 2 aliphatic heterocycles. The number of nitrogens with zero attached hydrogens (tertiary/aromatic N) is 4. The molecule has 1 fully saturated rings. The number of piperazine rings is 1. The van der Waals surface area contributed by atoms with Gasteiger partial charge in [-0.15, -0.1) is 0 Å². The van der Waals surface area contributed by atoms with Gasteiger partial charge in [-0.3, -0.25) is 19.4 Å². The van der Waals surface area contributed by atoms with Crippen LogP contribution in [0.2, 0.25) is 0 Å². The second-order valence-electron chi connectivity index (χ2n) is 7.86. The fourth-order valence-electron chi connectivity index (χ4n) is 4.17. The van der Waals surface area contributed by atoms with Gasteiger partial charge in [-0.2, -0.15) is 0 Å². The van der Waals surface area contributed by atoms with Crippen molar-refractivity contribution in [1.29, 1.82) is 0 Å². The van der Waals surface area contributed by atoms with Crippen LogP contribution in [0, 0.1) is 0 Å². The fourth-order valence-corrected chi connectivity index (χ4v) is 4.17. The van der Waals surface area contributed by atoms with E-state index < -0.39 is 0 Å². The lowest BCUT2D eigenvalue weighted by Crippen LogP contribution is -2.52. The number of carbonyl (C=O) groups excluding carboxylic acids is 2.